The molecule has 1 aromatic carbocycles. The summed E-state index contributed by atoms with van der Waals surface area (Å²) in [5.41, 5.74) is 7.21. The Hall–Kier alpha value is -1.55. The highest BCUT2D eigenvalue weighted by Crippen LogP contribution is 2.43. The molecule has 1 unspecified atom stereocenters. The minimum absolute atomic E-state index is 0.0487. The SMILES string of the molecule is COc1ccc(OC)c2c1C(=O)CC2CN. The summed E-state index contributed by atoms with van der Waals surface area (Å²) < 4.78 is 10.5. The highest BCUT2D eigenvalue weighted by molar-refractivity contribution is 6.04. The van der Waals surface area contributed by atoms with Crippen LogP contribution in [0.3, 0.4) is 0 Å². The summed E-state index contributed by atoms with van der Waals surface area (Å²) in [6.45, 7) is 0.447. The van der Waals surface area contributed by atoms with Gasteiger partial charge in [-0.3, -0.25) is 4.79 Å². The van der Waals surface area contributed by atoms with Gasteiger partial charge in [-0.2, -0.15) is 0 Å². The summed E-state index contributed by atoms with van der Waals surface area (Å²) >= 11 is 0. The monoisotopic (exact) mass is 221 g/mol. The van der Waals surface area contributed by atoms with Gasteiger partial charge in [0.2, 0.25) is 0 Å². The van der Waals surface area contributed by atoms with Crippen LogP contribution in [-0.4, -0.2) is 26.5 Å². The molecule has 1 aliphatic rings. The summed E-state index contributed by atoms with van der Waals surface area (Å²) in [5, 5.41) is 0. The van der Waals surface area contributed by atoms with Gasteiger partial charge in [-0.25, -0.2) is 0 Å². The lowest BCUT2D eigenvalue weighted by atomic mass is 10.00. The standard InChI is InChI=1S/C12H15NO3/c1-15-9-3-4-10(16-2)12-8(14)5-7(6-13)11(9)12/h3-4,7H,5-6,13H2,1-2H3. The molecule has 1 atom stereocenters. The molecule has 1 aromatic rings. The van der Waals surface area contributed by atoms with Crippen LogP contribution < -0.4 is 15.2 Å². The molecule has 0 radical (unpaired) electrons. The zero-order chi connectivity index (χ0) is 11.7. The number of Topliss-reactive ketones (excluding diaryl/α,β-unsaturated/α-hetero) is 1. The topological polar surface area (TPSA) is 61.5 Å². The highest BCUT2D eigenvalue weighted by atomic mass is 16.5. The number of rotatable bonds is 3. The van der Waals surface area contributed by atoms with Crippen LogP contribution in [0.4, 0.5) is 0 Å². The number of benzene rings is 1. The number of hydrogen-bond donors (Lipinski definition) is 1. The van der Waals surface area contributed by atoms with Crippen molar-refractivity contribution >= 4 is 5.78 Å². The van der Waals surface area contributed by atoms with E-state index in [1.165, 1.54) is 0 Å². The van der Waals surface area contributed by atoms with Crippen molar-refractivity contribution in [2.24, 2.45) is 5.73 Å². The van der Waals surface area contributed by atoms with Gasteiger partial charge < -0.3 is 15.2 Å². The van der Waals surface area contributed by atoms with Crippen molar-refractivity contribution in [1.82, 2.24) is 0 Å². The van der Waals surface area contributed by atoms with Gasteiger partial charge in [0, 0.05) is 17.9 Å². The van der Waals surface area contributed by atoms with E-state index in [0.29, 0.717) is 24.3 Å². The van der Waals surface area contributed by atoms with Gasteiger partial charge in [0.15, 0.2) is 5.78 Å². The van der Waals surface area contributed by atoms with Crippen LogP contribution in [0, 0.1) is 0 Å². The van der Waals surface area contributed by atoms with Gasteiger partial charge >= 0.3 is 0 Å². The number of carbonyl (C=O) groups excluding carboxylic acids is 1. The predicted molar refractivity (Wildman–Crippen MR) is 60.3 cm³/mol. The molecule has 4 nitrogen and oxygen atoms in total. The Morgan fingerprint density at radius 1 is 1.31 bits per heavy atom. The molecule has 0 spiro atoms. The second kappa shape index (κ2) is 4.14. The molecule has 0 aliphatic heterocycles. The zero-order valence-electron chi connectivity index (χ0n) is 9.45. The van der Waals surface area contributed by atoms with E-state index < -0.39 is 0 Å². The molecule has 2 rings (SSSR count). The molecule has 2 N–H and O–H groups in total. The number of nitrogens with two attached hydrogens (primary N) is 1. The molecule has 4 heteroatoms. The Morgan fingerprint density at radius 3 is 2.50 bits per heavy atom. The predicted octanol–water partition coefficient (Wildman–Crippen LogP) is 1.33. The van der Waals surface area contributed by atoms with Crippen molar-refractivity contribution in [2.45, 2.75) is 12.3 Å². The van der Waals surface area contributed by atoms with Crippen LogP contribution >= 0.6 is 0 Å². The lowest BCUT2D eigenvalue weighted by molar-refractivity contribution is 0.0987. The maximum atomic E-state index is 11.9. The smallest absolute Gasteiger partial charge is 0.167 e. The zero-order valence-corrected chi connectivity index (χ0v) is 9.45. The molecule has 0 saturated carbocycles. The Labute approximate surface area is 94.3 Å². The summed E-state index contributed by atoms with van der Waals surface area (Å²) in [7, 11) is 3.16. The Balaban J connectivity index is 2.64. The second-order valence-electron chi connectivity index (χ2n) is 3.82. The molecule has 0 saturated heterocycles. The third-order valence-corrected chi connectivity index (χ3v) is 3.01. The van der Waals surface area contributed by atoms with E-state index in [1.807, 2.05) is 6.07 Å². The first kappa shape index (κ1) is 11.0. The molecule has 0 amide bonds. The fraction of sp³-hybridized carbons (Fsp3) is 0.417. The van der Waals surface area contributed by atoms with Gasteiger partial charge in [0.05, 0.1) is 19.8 Å². The molecule has 0 bridgehead atoms. The van der Waals surface area contributed by atoms with Crippen LogP contribution in [0.25, 0.3) is 0 Å². The first-order valence-electron chi connectivity index (χ1n) is 5.21. The van der Waals surface area contributed by atoms with Crippen LogP contribution in [0.1, 0.15) is 28.3 Å². The van der Waals surface area contributed by atoms with Gasteiger partial charge in [0.1, 0.15) is 11.5 Å². The minimum atomic E-state index is 0.0487. The maximum Gasteiger partial charge on any atom is 0.167 e. The van der Waals surface area contributed by atoms with Gasteiger partial charge in [-0.05, 0) is 18.7 Å². The molecule has 0 heterocycles. The summed E-state index contributed by atoms with van der Waals surface area (Å²) in [5.74, 6) is 1.46. The number of ether oxygens (including phenoxy) is 2. The van der Waals surface area contributed by atoms with E-state index in [4.69, 9.17) is 15.2 Å². The van der Waals surface area contributed by atoms with E-state index in [9.17, 15) is 4.79 Å². The van der Waals surface area contributed by atoms with E-state index in [2.05, 4.69) is 0 Å². The molecular weight excluding hydrogens is 206 g/mol. The first-order valence-corrected chi connectivity index (χ1v) is 5.21. The molecule has 86 valence electrons. The summed E-state index contributed by atoms with van der Waals surface area (Å²) in [6.07, 6.45) is 0.447. The number of hydrogen-bond acceptors (Lipinski definition) is 4. The van der Waals surface area contributed by atoms with E-state index in [1.54, 1.807) is 20.3 Å². The van der Waals surface area contributed by atoms with Crippen LogP contribution in [0.15, 0.2) is 12.1 Å². The normalized spacial score (nSPS) is 18.4. The van der Waals surface area contributed by atoms with E-state index in [-0.39, 0.29) is 11.7 Å². The van der Waals surface area contributed by atoms with E-state index in [0.717, 1.165) is 11.3 Å². The Kier molecular flexibility index (Phi) is 2.83. The quantitative estimate of drug-likeness (QED) is 0.836. The molecule has 0 aromatic heterocycles. The molecule has 16 heavy (non-hydrogen) atoms. The minimum Gasteiger partial charge on any atom is -0.496 e. The fourth-order valence-electron chi connectivity index (χ4n) is 2.25. The third-order valence-electron chi connectivity index (χ3n) is 3.01. The average molecular weight is 221 g/mol. The van der Waals surface area contributed by atoms with Gasteiger partial charge in [0.25, 0.3) is 0 Å². The van der Waals surface area contributed by atoms with Crippen LogP contribution in [-0.2, 0) is 0 Å². The summed E-state index contributed by atoms with van der Waals surface area (Å²) in [4.78, 5) is 11.9. The van der Waals surface area contributed by atoms with Crippen molar-refractivity contribution in [3.05, 3.63) is 23.3 Å². The van der Waals surface area contributed by atoms with Crippen LogP contribution in [0.5, 0.6) is 11.5 Å². The van der Waals surface area contributed by atoms with Gasteiger partial charge in [-0.15, -0.1) is 0 Å². The fourth-order valence-corrected chi connectivity index (χ4v) is 2.25. The Morgan fingerprint density at radius 2 is 1.94 bits per heavy atom. The van der Waals surface area contributed by atoms with E-state index >= 15 is 0 Å². The third kappa shape index (κ3) is 1.46. The second-order valence-corrected chi connectivity index (χ2v) is 3.82. The first-order chi connectivity index (χ1) is 7.72. The molecule has 0 fully saturated rings. The van der Waals surface area contributed by atoms with Crippen molar-refractivity contribution in [2.75, 3.05) is 20.8 Å². The Bertz CT molecular complexity index is 429. The molecular formula is C12H15NO3. The lowest BCUT2D eigenvalue weighted by Gasteiger charge is -2.14. The van der Waals surface area contributed by atoms with Crippen LogP contribution in [0.2, 0.25) is 0 Å². The average Bonchev–Trinajstić information content (AvgIpc) is 2.66. The number of methoxy groups -OCH3 is 2. The number of ketones is 1. The van der Waals surface area contributed by atoms with Crippen molar-refractivity contribution in [3.63, 3.8) is 0 Å². The van der Waals surface area contributed by atoms with Crippen molar-refractivity contribution < 1.29 is 14.3 Å². The van der Waals surface area contributed by atoms with Crippen molar-refractivity contribution in [1.29, 1.82) is 0 Å². The molecule has 1 aliphatic carbocycles. The van der Waals surface area contributed by atoms with Crippen molar-refractivity contribution in [3.8, 4) is 11.5 Å². The summed E-state index contributed by atoms with van der Waals surface area (Å²) in [6, 6.07) is 3.58. The lowest BCUT2D eigenvalue weighted by Crippen LogP contribution is -2.10. The maximum absolute atomic E-state index is 11.9. The largest absolute Gasteiger partial charge is 0.496 e. The number of fused-ring (bicyclic) bond motifs is 1. The van der Waals surface area contributed by atoms with Gasteiger partial charge in [-0.1, -0.05) is 0 Å². The number of carbonyl (C=O) groups is 1. The highest BCUT2D eigenvalue weighted by Gasteiger charge is 2.34.